The molecule has 160 valence electrons. The SMILES string of the molecule is N[C@@H]1CCCN([C@H]2CCc3ccccc3[C@@H]2Oc2ccccc2N2CCOCC2)C1. The fourth-order valence-electron chi connectivity index (χ4n) is 5.32. The minimum absolute atomic E-state index is 0.0300. The Morgan fingerprint density at radius 3 is 2.60 bits per heavy atom. The number of anilines is 1. The van der Waals surface area contributed by atoms with Crippen LogP contribution in [0.3, 0.4) is 0 Å². The van der Waals surface area contributed by atoms with Gasteiger partial charge in [-0.25, -0.2) is 0 Å². The predicted molar refractivity (Wildman–Crippen MR) is 120 cm³/mol. The van der Waals surface area contributed by atoms with Crippen molar-refractivity contribution in [2.45, 2.75) is 43.9 Å². The minimum Gasteiger partial charge on any atom is -0.482 e. The molecule has 2 fully saturated rings. The van der Waals surface area contributed by atoms with Crippen LogP contribution in [0.25, 0.3) is 0 Å². The van der Waals surface area contributed by atoms with Crippen LogP contribution < -0.4 is 15.4 Å². The Morgan fingerprint density at radius 2 is 1.73 bits per heavy atom. The summed E-state index contributed by atoms with van der Waals surface area (Å²) < 4.78 is 12.5. The van der Waals surface area contributed by atoms with Gasteiger partial charge < -0.3 is 20.1 Å². The van der Waals surface area contributed by atoms with Gasteiger partial charge in [0.05, 0.1) is 24.9 Å². The first-order valence-corrected chi connectivity index (χ1v) is 11.5. The predicted octanol–water partition coefficient (Wildman–Crippen LogP) is 3.38. The molecule has 0 unspecified atom stereocenters. The van der Waals surface area contributed by atoms with Crippen LogP contribution in [-0.4, -0.2) is 56.4 Å². The third-order valence-electron chi connectivity index (χ3n) is 6.85. The van der Waals surface area contributed by atoms with E-state index in [-0.39, 0.29) is 12.1 Å². The van der Waals surface area contributed by atoms with E-state index in [9.17, 15) is 0 Å². The van der Waals surface area contributed by atoms with Gasteiger partial charge in [0.25, 0.3) is 0 Å². The number of fused-ring (bicyclic) bond motifs is 1. The van der Waals surface area contributed by atoms with E-state index >= 15 is 0 Å². The van der Waals surface area contributed by atoms with Crippen molar-refractivity contribution >= 4 is 5.69 Å². The van der Waals surface area contributed by atoms with Crippen LogP contribution in [0.2, 0.25) is 0 Å². The summed E-state index contributed by atoms with van der Waals surface area (Å²) in [4.78, 5) is 4.98. The van der Waals surface area contributed by atoms with Crippen molar-refractivity contribution in [3.8, 4) is 5.75 Å². The van der Waals surface area contributed by atoms with Crippen molar-refractivity contribution in [1.29, 1.82) is 0 Å². The summed E-state index contributed by atoms with van der Waals surface area (Å²) in [5, 5.41) is 0. The molecule has 2 aliphatic heterocycles. The van der Waals surface area contributed by atoms with Gasteiger partial charge >= 0.3 is 0 Å². The average molecular weight is 408 g/mol. The number of nitrogens with two attached hydrogens (primary N) is 1. The number of likely N-dealkylation sites (tertiary alicyclic amines) is 1. The summed E-state index contributed by atoms with van der Waals surface area (Å²) in [5.41, 5.74) is 10.3. The van der Waals surface area contributed by atoms with E-state index in [4.69, 9.17) is 15.2 Å². The Kier molecular flexibility index (Phi) is 5.93. The molecule has 5 nitrogen and oxygen atoms in total. The molecule has 0 saturated carbocycles. The Hall–Kier alpha value is -2.08. The molecule has 2 heterocycles. The van der Waals surface area contributed by atoms with Crippen molar-refractivity contribution in [3.05, 3.63) is 59.7 Å². The van der Waals surface area contributed by atoms with Gasteiger partial charge in [-0.1, -0.05) is 36.4 Å². The van der Waals surface area contributed by atoms with Crippen molar-refractivity contribution < 1.29 is 9.47 Å². The summed E-state index contributed by atoms with van der Waals surface area (Å²) in [6.45, 7) is 5.45. The molecule has 3 aliphatic rings. The van der Waals surface area contributed by atoms with Crippen LogP contribution in [0.4, 0.5) is 5.69 Å². The van der Waals surface area contributed by atoms with Crippen LogP contribution in [-0.2, 0) is 11.2 Å². The number of aryl methyl sites for hydroxylation is 1. The van der Waals surface area contributed by atoms with Gasteiger partial charge in [0.15, 0.2) is 0 Å². The largest absolute Gasteiger partial charge is 0.482 e. The van der Waals surface area contributed by atoms with Gasteiger partial charge in [0, 0.05) is 25.7 Å². The number of morpholine rings is 1. The van der Waals surface area contributed by atoms with Crippen LogP contribution in [0.1, 0.15) is 36.5 Å². The normalized spacial score (nSPS) is 27.5. The monoisotopic (exact) mass is 407 g/mol. The summed E-state index contributed by atoms with van der Waals surface area (Å²) in [7, 11) is 0. The summed E-state index contributed by atoms with van der Waals surface area (Å²) in [6.07, 6.45) is 4.57. The first-order chi connectivity index (χ1) is 14.8. The standard InChI is InChI=1S/C25H33N3O2/c26-20-7-5-13-28(18-20)23-12-11-19-6-1-2-8-21(19)25(23)30-24-10-4-3-9-22(24)27-14-16-29-17-15-27/h1-4,6,8-10,20,23,25H,5,7,11-18,26H2/t20-,23+,25+/m1/s1. The van der Waals surface area contributed by atoms with Crippen LogP contribution >= 0.6 is 0 Å². The number of hydrogen-bond acceptors (Lipinski definition) is 5. The van der Waals surface area contributed by atoms with E-state index in [0.717, 1.165) is 64.4 Å². The molecule has 5 rings (SSSR count). The number of hydrogen-bond donors (Lipinski definition) is 1. The minimum atomic E-state index is 0.0300. The Balaban J connectivity index is 1.47. The van der Waals surface area contributed by atoms with E-state index in [0.29, 0.717) is 6.04 Å². The number of para-hydroxylation sites is 2. The Labute approximate surface area is 179 Å². The molecule has 0 radical (unpaired) electrons. The number of piperidine rings is 1. The maximum absolute atomic E-state index is 6.90. The molecule has 0 bridgehead atoms. The molecule has 30 heavy (non-hydrogen) atoms. The maximum Gasteiger partial charge on any atom is 0.143 e. The zero-order chi connectivity index (χ0) is 20.3. The molecule has 2 aromatic rings. The lowest BCUT2D eigenvalue weighted by Crippen LogP contribution is -2.51. The molecule has 3 atom stereocenters. The summed E-state index contributed by atoms with van der Waals surface area (Å²) in [5.74, 6) is 0.979. The highest BCUT2D eigenvalue weighted by Crippen LogP contribution is 2.40. The summed E-state index contributed by atoms with van der Waals surface area (Å²) in [6, 6.07) is 17.9. The second-order valence-corrected chi connectivity index (χ2v) is 8.81. The maximum atomic E-state index is 6.90. The van der Waals surface area contributed by atoms with Gasteiger partial charge in [0.2, 0.25) is 0 Å². The topological polar surface area (TPSA) is 51.0 Å². The van der Waals surface area contributed by atoms with Gasteiger partial charge in [-0.15, -0.1) is 0 Å². The second kappa shape index (κ2) is 8.96. The number of ether oxygens (including phenoxy) is 2. The van der Waals surface area contributed by atoms with Crippen LogP contribution in [0.5, 0.6) is 5.75 Å². The van der Waals surface area contributed by atoms with Crippen LogP contribution in [0.15, 0.2) is 48.5 Å². The van der Waals surface area contributed by atoms with Gasteiger partial charge in [-0.3, -0.25) is 4.90 Å². The molecule has 0 spiro atoms. The Morgan fingerprint density at radius 1 is 0.933 bits per heavy atom. The zero-order valence-corrected chi connectivity index (χ0v) is 17.7. The molecule has 2 N–H and O–H groups in total. The fraction of sp³-hybridized carbons (Fsp3) is 0.520. The molecule has 5 heteroatoms. The van der Waals surface area contributed by atoms with Crippen molar-refractivity contribution in [3.63, 3.8) is 0 Å². The highest BCUT2D eigenvalue weighted by Gasteiger charge is 2.37. The first kappa shape index (κ1) is 19.9. The first-order valence-electron chi connectivity index (χ1n) is 11.5. The van der Waals surface area contributed by atoms with Crippen molar-refractivity contribution in [2.24, 2.45) is 5.73 Å². The quantitative estimate of drug-likeness (QED) is 0.842. The van der Waals surface area contributed by atoms with Gasteiger partial charge in [-0.2, -0.15) is 0 Å². The third kappa shape index (κ3) is 4.07. The highest BCUT2D eigenvalue weighted by molar-refractivity contribution is 5.59. The van der Waals surface area contributed by atoms with E-state index in [1.54, 1.807) is 0 Å². The summed E-state index contributed by atoms with van der Waals surface area (Å²) >= 11 is 0. The molecular weight excluding hydrogens is 374 g/mol. The molecule has 1 aliphatic carbocycles. The molecule has 0 aromatic heterocycles. The zero-order valence-electron chi connectivity index (χ0n) is 17.7. The van der Waals surface area contributed by atoms with Crippen molar-refractivity contribution in [1.82, 2.24) is 4.90 Å². The lowest BCUT2D eigenvalue weighted by molar-refractivity contribution is 0.0368. The third-order valence-corrected chi connectivity index (χ3v) is 6.85. The molecule has 2 saturated heterocycles. The van der Waals surface area contributed by atoms with E-state index in [2.05, 4.69) is 58.3 Å². The Bertz CT molecular complexity index is 852. The average Bonchev–Trinajstić information content (AvgIpc) is 2.80. The van der Waals surface area contributed by atoms with Gasteiger partial charge in [-0.05, 0) is 55.5 Å². The number of nitrogens with zero attached hydrogens (tertiary/aromatic N) is 2. The van der Waals surface area contributed by atoms with Crippen molar-refractivity contribution in [2.75, 3.05) is 44.3 Å². The molecule has 0 amide bonds. The number of benzene rings is 2. The van der Waals surface area contributed by atoms with Crippen LogP contribution in [0, 0.1) is 0 Å². The number of rotatable bonds is 4. The molecular formula is C25H33N3O2. The fourth-order valence-corrected chi connectivity index (χ4v) is 5.32. The smallest absolute Gasteiger partial charge is 0.143 e. The lowest BCUT2D eigenvalue weighted by atomic mass is 9.84. The second-order valence-electron chi connectivity index (χ2n) is 8.81. The van der Waals surface area contributed by atoms with E-state index in [1.807, 2.05) is 0 Å². The lowest BCUT2D eigenvalue weighted by Gasteiger charge is -2.44. The van der Waals surface area contributed by atoms with E-state index < -0.39 is 0 Å². The van der Waals surface area contributed by atoms with E-state index in [1.165, 1.54) is 23.2 Å². The van der Waals surface area contributed by atoms with Gasteiger partial charge in [0.1, 0.15) is 11.9 Å². The highest BCUT2D eigenvalue weighted by atomic mass is 16.5. The molecule has 2 aromatic carbocycles.